The van der Waals surface area contributed by atoms with Gasteiger partial charge in [0.2, 0.25) is 5.91 Å². The van der Waals surface area contributed by atoms with E-state index in [4.69, 9.17) is 11.5 Å². The lowest BCUT2D eigenvalue weighted by Crippen LogP contribution is -2.50. The van der Waals surface area contributed by atoms with Crippen molar-refractivity contribution in [3.8, 4) is 0 Å². The first-order chi connectivity index (χ1) is 14.0. The number of rotatable bonds is 6. The van der Waals surface area contributed by atoms with E-state index in [9.17, 15) is 4.79 Å². The van der Waals surface area contributed by atoms with Crippen LogP contribution in [0.5, 0.6) is 0 Å². The van der Waals surface area contributed by atoms with Crippen LogP contribution in [0.1, 0.15) is 40.5 Å². The number of hydrogen-bond acceptors (Lipinski definition) is 7. The molecule has 1 fully saturated rings. The maximum atomic E-state index is 12.3. The van der Waals surface area contributed by atoms with Crippen molar-refractivity contribution in [2.24, 2.45) is 4.99 Å². The van der Waals surface area contributed by atoms with Crippen LogP contribution in [0.25, 0.3) is 0 Å². The molecule has 5 N–H and O–H groups in total. The van der Waals surface area contributed by atoms with E-state index in [2.05, 4.69) is 47.9 Å². The number of aliphatic imine (C=N–C) groups is 1. The number of amides is 1. The van der Waals surface area contributed by atoms with Crippen molar-refractivity contribution in [3.05, 3.63) is 22.9 Å². The zero-order valence-corrected chi connectivity index (χ0v) is 19.5. The Kier molecular flexibility index (Phi) is 11.3. The summed E-state index contributed by atoms with van der Waals surface area (Å²) in [5.74, 6) is 1.01. The molecule has 1 aliphatic heterocycles. The van der Waals surface area contributed by atoms with Crippen molar-refractivity contribution in [2.45, 2.75) is 40.5 Å². The van der Waals surface area contributed by atoms with E-state index < -0.39 is 0 Å². The lowest BCUT2D eigenvalue weighted by molar-refractivity contribution is -0.120. The highest BCUT2D eigenvalue weighted by Crippen LogP contribution is 2.35. The third-order valence-corrected chi connectivity index (χ3v) is 4.86. The molecule has 0 unspecified atom stereocenters. The van der Waals surface area contributed by atoms with Crippen molar-refractivity contribution < 1.29 is 4.79 Å². The smallest absolute Gasteiger partial charge is 0.239 e. The van der Waals surface area contributed by atoms with Crippen molar-refractivity contribution in [2.75, 3.05) is 49.1 Å². The number of amidine groups is 1. The summed E-state index contributed by atoms with van der Waals surface area (Å²) in [6.45, 7) is 11.3. The predicted molar refractivity (Wildman–Crippen MR) is 126 cm³/mol. The second-order valence-corrected chi connectivity index (χ2v) is 7.23. The van der Waals surface area contributed by atoms with Gasteiger partial charge in [0.25, 0.3) is 0 Å². The summed E-state index contributed by atoms with van der Waals surface area (Å²) in [6, 6.07) is 0. The summed E-state index contributed by atoms with van der Waals surface area (Å²) in [4.78, 5) is 25.0. The van der Waals surface area contributed by atoms with Crippen LogP contribution >= 0.6 is 15.9 Å². The molecule has 29 heavy (non-hydrogen) atoms. The van der Waals surface area contributed by atoms with Crippen LogP contribution < -0.4 is 21.7 Å². The van der Waals surface area contributed by atoms with E-state index in [-0.39, 0.29) is 5.91 Å². The number of nitrogen functional groups attached to an aromatic ring is 2. The van der Waals surface area contributed by atoms with Gasteiger partial charge in [-0.15, -0.1) is 0 Å². The Balaban J connectivity index is 0.00000204. The second-order valence-electron chi connectivity index (χ2n) is 6.37. The number of pyridine rings is 1. The Morgan fingerprint density at radius 3 is 2.55 bits per heavy atom. The largest absolute Gasteiger partial charge is 0.394 e. The molecule has 1 saturated heterocycles. The summed E-state index contributed by atoms with van der Waals surface area (Å²) >= 11 is 3.50. The van der Waals surface area contributed by atoms with Gasteiger partial charge in [-0.05, 0) is 29.3 Å². The lowest BCUT2D eigenvalue weighted by Gasteiger charge is -2.36. The quantitative estimate of drug-likeness (QED) is 0.437. The summed E-state index contributed by atoms with van der Waals surface area (Å²) in [7, 11) is 0. The Labute approximate surface area is 182 Å². The molecule has 2 heterocycles. The van der Waals surface area contributed by atoms with Crippen LogP contribution in [0.15, 0.2) is 27.9 Å². The molecule has 1 aromatic heterocycles. The van der Waals surface area contributed by atoms with E-state index in [0.29, 0.717) is 23.9 Å². The van der Waals surface area contributed by atoms with Gasteiger partial charge in [0.05, 0.1) is 22.4 Å². The number of allylic oxidation sites excluding steroid dienone is 1. The number of carbonyl (C=O) groups is 1. The molecule has 0 aromatic carbocycles. The Morgan fingerprint density at radius 1 is 1.31 bits per heavy atom. The molecule has 162 valence electrons. The Bertz CT molecular complexity index is 713. The molecule has 9 heteroatoms. The van der Waals surface area contributed by atoms with Gasteiger partial charge in [0, 0.05) is 45.0 Å². The number of nitrogens with one attached hydrogen (secondary N) is 1. The van der Waals surface area contributed by atoms with Crippen molar-refractivity contribution in [1.29, 1.82) is 0 Å². The monoisotopic (exact) mass is 467 g/mol. The molecule has 0 atom stereocenters. The van der Waals surface area contributed by atoms with Gasteiger partial charge in [0.15, 0.2) is 0 Å². The lowest BCUT2D eigenvalue weighted by atomic mass is 10.2. The van der Waals surface area contributed by atoms with E-state index in [1.165, 1.54) is 0 Å². The van der Waals surface area contributed by atoms with Crippen LogP contribution in [0.2, 0.25) is 0 Å². The third-order valence-electron chi connectivity index (χ3n) is 4.28. The van der Waals surface area contributed by atoms with Crippen LogP contribution in [0, 0.1) is 0 Å². The molecular formula is C20H34BrN7O. The molecule has 0 bridgehead atoms. The molecule has 1 amide bonds. The summed E-state index contributed by atoms with van der Waals surface area (Å²) in [5, 5.41) is 2.92. The number of piperazine rings is 1. The standard InChI is InChI=1S/C18H28BrN7O.C2H6/c1-3-5-14(22-6-4-2)24-15(27)12-25-7-9-26(10-8-25)17-13(19)11-23-18(21)16(17)20;1-2/h4,6,11H,3,5,7-10,12,20H2,1-2H3,(H2,21,23)(H,22,24,27);1-2H3/b6-4-;. The van der Waals surface area contributed by atoms with Gasteiger partial charge in [-0.1, -0.05) is 26.8 Å². The Hall–Kier alpha value is -2.13. The van der Waals surface area contributed by atoms with E-state index in [1.54, 1.807) is 12.4 Å². The van der Waals surface area contributed by atoms with E-state index in [1.807, 2.05) is 26.8 Å². The highest BCUT2D eigenvalue weighted by Gasteiger charge is 2.23. The van der Waals surface area contributed by atoms with Gasteiger partial charge in [-0.25, -0.2) is 9.98 Å². The molecule has 1 aromatic rings. The van der Waals surface area contributed by atoms with Gasteiger partial charge >= 0.3 is 0 Å². The number of nitrogens with zero attached hydrogens (tertiary/aromatic N) is 4. The normalized spacial score (nSPS) is 15.2. The zero-order chi connectivity index (χ0) is 21.8. The van der Waals surface area contributed by atoms with Crippen molar-refractivity contribution in [1.82, 2.24) is 15.2 Å². The number of nitrogens with two attached hydrogens (primary N) is 2. The highest BCUT2D eigenvalue weighted by atomic mass is 79.9. The van der Waals surface area contributed by atoms with Gasteiger partial charge < -0.3 is 21.7 Å². The Morgan fingerprint density at radius 2 is 1.97 bits per heavy atom. The minimum Gasteiger partial charge on any atom is -0.394 e. The van der Waals surface area contributed by atoms with Crippen LogP contribution in [0.3, 0.4) is 0 Å². The number of hydrogen-bond donors (Lipinski definition) is 3. The minimum atomic E-state index is -0.0333. The fraction of sp³-hybridized carbons (Fsp3) is 0.550. The topological polar surface area (TPSA) is 113 Å². The number of carbonyl (C=O) groups excluding carboxylic acids is 1. The van der Waals surface area contributed by atoms with Gasteiger partial charge in [-0.2, -0.15) is 0 Å². The van der Waals surface area contributed by atoms with Crippen LogP contribution in [-0.2, 0) is 4.79 Å². The predicted octanol–water partition coefficient (Wildman–Crippen LogP) is 3.01. The average molecular weight is 468 g/mol. The fourth-order valence-electron chi connectivity index (χ4n) is 2.92. The maximum Gasteiger partial charge on any atom is 0.239 e. The van der Waals surface area contributed by atoms with E-state index >= 15 is 0 Å². The number of anilines is 3. The number of aromatic nitrogens is 1. The average Bonchev–Trinajstić information content (AvgIpc) is 2.72. The SMILES string of the molecule is C/C=C\N=C(CCC)NC(=O)CN1CCN(c2c(Br)cnc(N)c2N)CC1.CC. The van der Waals surface area contributed by atoms with Crippen LogP contribution in [0.4, 0.5) is 17.2 Å². The highest BCUT2D eigenvalue weighted by molar-refractivity contribution is 9.10. The third kappa shape index (κ3) is 7.66. The van der Waals surface area contributed by atoms with E-state index in [0.717, 1.165) is 49.2 Å². The van der Waals surface area contributed by atoms with Crippen LogP contribution in [-0.4, -0.2) is 54.4 Å². The fourth-order valence-corrected chi connectivity index (χ4v) is 3.49. The zero-order valence-electron chi connectivity index (χ0n) is 17.9. The molecule has 1 aliphatic rings. The summed E-state index contributed by atoms with van der Waals surface area (Å²) < 4.78 is 0.824. The molecule has 0 aliphatic carbocycles. The number of halogens is 1. The minimum absolute atomic E-state index is 0.0333. The molecule has 8 nitrogen and oxygen atoms in total. The first-order valence-corrected chi connectivity index (χ1v) is 10.9. The molecule has 0 radical (unpaired) electrons. The van der Waals surface area contributed by atoms with Gasteiger partial charge in [-0.3, -0.25) is 9.69 Å². The molecular weight excluding hydrogens is 434 g/mol. The molecule has 0 spiro atoms. The van der Waals surface area contributed by atoms with Crippen molar-refractivity contribution >= 4 is 44.9 Å². The summed E-state index contributed by atoms with van der Waals surface area (Å²) in [6.07, 6.45) is 6.89. The van der Waals surface area contributed by atoms with Gasteiger partial charge in [0.1, 0.15) is 11.7 Å². The first-order valence-electron chi connectivity index (χ1n) is 10.1. The summed E-state index contributed by atoms with van der Waals surface area (Å²) in [5.41, 5.74) is 13.3. The molecule has 0 saturated carbocycles. The maximum absolute atomic E-state index is 12.3. The molecule has 2 rings (SSSR count). The van der Waals surface area contributed by atoms with Crippen molar-refractivity contribution in [3.63, 3.8) is 0 Å². The second kappa shape index (κ2) is 13.2. The first kappa shape index (κ1) is 24.9.